The number of nitrogens with zero attached hydrogens (tertiary/aromatic N) is 5. The highest BCUT2D eigenvalue weighted by Gasteiger charge is 2.47. The summed E-state index contributed by atoms with van der Waals surface area (Å²) in [5.74, 6) is 5.78. The van der Waals surface area contributed by atoms with E-state index >= 15 is 0 Å². The number of aromatic nitrogens is 4. The van der Waals surface area contributed by atoms with E-state index < -0.39 is 37.7 Å². The number of fused-ring (bicyclic) bond motifs is 1. The zero-order chi connectivity index (χ0) is 27.7. The lowest BCUT2D eigenvalue weighted by molar-refractivity contribution is -0.142. The highest BCUT2D eigenvalue weighted by molar-refractivity contribution is 7.52. The summed E-state index contributed by atoms with van der Waals surface area (Å²) < 4.78 is 37.3. The van der Waals surface area contributed by atoms with Crippen molar-refractivity contribution in [3.8, 4) is 5.75 Å². The molecule has 38 heavy (non-hydrogen) atoms. The van der Waals surface area contributed by atoms with Gasteiger partial charge in [-0.2, -0.15) is 5.09 Å². The summed E-state index contributed by atoms with van der Waals surface area (Å²) in [6.07, 6.45) is 1.33. The standard InChI is InChI=1S/C22H29ClN7O7P/c1-13(20(31)34-4)28-38(33,37-15-7-5-14(23)6-8-15)35-10-16-9-22(2,32)21(36-16)30-12-27-17-18(29(3)24)25-11-26-19(17)30/h5-8,11-13,16,21,32H,9-10,24H2,1-4H3,(H,28,33)/t13?,16?,21?,22-,38?/m1/s1. The van der Waals surface area contributed by atoms with E-state index in [1.807, 2.05) is 0 Å². The van der Waals surface area contributed by atoms with Crippen molar-refractivity contribution in [3.63, 3.8) is 0 Å². The molecule has 1 fully saturated rings. The molecule has 4 rings (SSSR count). The smallest absolute Gasteiger partial charge is 0.459 e. The molecule has 14 nitrogen and oxygen atoms in total. The number of aliphatic hydroxyl groups is 1. The minimum absolute atomic E-state index is 0.125. The summed E-state index contributed by atoms with van der Waals surface area (Å²) in [7, 11) is -1.30. The van der Waals surface area contributed by atoms with Crippen LogP contribution >= 0.6 is 19.3 Å². The number of benzene rings is 1. The molecule has 206 valence electrons. The molecule has 0 spiro atoms. The van der Waals surface area contributed by atoms with Crippen LogP contribution in [0.3, 0.4) is 0 Å². The van der Waals surface area contributed by atoms with E-state index in [9.17, 15) is 14.5 Å². The van der Waals surface area contributed by atoms with Crippen molar-refractivity contribution in [1.29, 1.82) is 0 Å². The van der Waals surface area contributed by atoms with Crippen molar-refractivity contribution in [1.82, 2.24) is 24.6 Å². The zero-order valence-corrected chi connectivity index (χ0v) is 22.8. The average molecular weight is 570 g/mol. The number of rotatable bonds is 10. The van der Waals surface area contributed by atoms with E-state index in [4.69, 9.17) is 36.0 Å². The van der Waals surface area contributed by atoms with Gasteiger partial charge in [0.1, 0.15) is 23.7 Å². The molecule has 0 aliphatic carbocycles. The Morgan fingerprint density at radius 1 is 1.39 bits per heavy atom. The van der Waals surface area contributed by atoms with Crippen molar-refractivity contribution < 1.29 is 33.0 Å². The third kappa shape index (κ3) is 6.07. The fraction of sp³-hybridized carbons (Fsp3) is 0.455. The van der Waals surface area contributed by atoms with Gasteiger partial charge in [0.2, 0.25) is 0 Å². The van der Waals surface area contributed by atoms with Crippen LogP contribution in [-0.4, -0.2) is 69.1 Å². The summed E-state index contributed by atoms with van der Waals surface area (Å²) in [6.45, 7) is 2.82. The van der Waals surface area contributed by atoms with E-state index in [-0.39, 0.29) is 18.8 Å². The largest absolute Gasteiger partial charge is 0.468 e. The number of hydrazine groups is 1. The summed E-state index contributed by atoms with van der Waals surface area (Å²) in [4.78, 5) is 24.7. The lowest BCUT2D eigenvalue weighted by Crippen LogP contribution is -2.35. The van der Waals surface area contributed by atoms with Gasteiger partial charge in [0.05, 0.1) is 26.1 Å². The summed E-state index contributed by atoms with van der Waals surface area (Å²) in [6, 6.07) is 5.12. The molecule has 0 bridgehead atoms. The Hall–Kier alpha value is -2.84. The molecule has 4 unspecified atom stereocenters. The molecule has 2 aromatic heterocycles. The Labute approximate surface area is 223 Å². The Kier molecular flexibility index (Phi) is 8.23. The van der Waals surface area contributed by atoms with Crippen LogP contribution in [0.2, 0.25) is 5.02 Å². The van der Waals surface area contributed by atoms with E-state index in [0.717, 1.165) is 0 Å². The van der Waals surface area contributed by atoms with E-state index in [0.29, 0.717) is 22.0 Å². The molecule has 0 amide bonds. The van der Waals surface area contributed by atoms with E-state index in [2.05, 4.69) is 20.0 Å². The van der Waals surface area contributed by atoms with E-state index in [1.54, 1.807) is 30.7 Å². The van der Waals surface area contributed by atoms with Crippen LogP contribution in [0.5, 0.6) is 5.75 Å². The van der Waals surface area contributed by atoms with Crippen molar-refractivity contribution in [2.45, 2.75) is 44.2 Å². The van der Waals surface area contributed by atoms with Gasteiger partial charge in [0.25, 0.3) is 0 Å². The maximum Gasteiger partial charge on any atom is 0.459 e. The first-order valence-corrected chi connectivity index (χ1v) is 13.4. The van der Waals surface area contributed by atoms with E-state index in [1.165, 1.54) is 43.8 Å². The Balaban J connectivity index is 1.52. The third-order valence-electron chi connectivity index (χ3n) is 5.80. The number of ether oxygens (including phenoxy) is 2. The van der Waals surface area contributed by atoms with Crippen LogP contribution in [0.1, 0.15) is 26.5 Å². The first kappa shape index (κ1) is 28.2. The van der Waals surface area contributed by atoms with Crippen molar-refractivity contribution in [2.75, 3.05) is 25.8 Å². The predicted octanol–water partition coefficient (Wildman–Crippen LogP) is 2.18. The fourth-order valence-corrected chi connectivity index (χ4v) is 5.69. The molecule has 1 aliphatic rings. The summed E-state index contributed by atoms with van der Waals surface area (Å²) >= 11 is 5.92. The third-order valence-corrected chi connectivity index (χ3v) is 7.69. The van der Waals surface area contributed by atoms with Gasteiger partial charge >= 0.3 is 13.7 Å². The number of nitrogens with one attached hydrogen (secondary N) is 1. The number of nitrogens with two attached hydrogens (primary N) is 1. The molecule has 5 atom stereocenters. The lowest BCUT2D eigenvalue weighted by atomic mass is 10.0. The van der Waals surface area contributed by atoms with Crippen LogP contribution in [0.15, 0.2) is 36.9 Å². The van der Waals surface area contributed by atoms with Crippen LogP contribution in [0, 0.1) is 0 Å². The molecule has 4 N–H and O–H groups in total. The number of carbonyl (C=O) groups is 1. The predicted molar refractivity (Wildman–Crippen MR) is 137 cm³/mol. The molecule has 1 aromatic carbocycles. The highest BCUT2D eigenvalue weighted by Crippen LogP contribution is 2.47. The number of halogens is 1. The topological polar surface area (TPSA) is 176 Å². The first-order valence-electron chi connectivity index (χ1n) is 11.5. The molecule has 3 heterocycles. The van der Waals surface area contributed by atoms with Crippen molar-refractivity contribution >= 4 is 42.3 Å². The molecular formula is C22H29ClN7O7P. The highest BCUT2D eigenvalue weighted by atomic mass is 35.5. The lowest BCUT2D eigenvalue weighted by Gasteiger charge is -2.25. The fourth-order valence-electron chi connectivity index (χ4n) is 4.04. The Bertz CT molecular complexity index is 1340. The molecule has 0 saturated carbocycles. The number of esters is 1. The van der Waals surface area contributed by atoms with Crippen molar-refractivity contribution in [2.24, 2.45) is 5.84 Å². The van der Waals surface area contributed by atoms with Gasteiger partial charge in [0, 0.05) is 18.5 Å². The van der Waals surface area contributed by atoms with Crippen LogP contribution < -0.4 is 20.5 Å². The van der Waals surface area contributed by atoms with Gasteiger partial charge in [0.15, 0.2) is 23.2 Å². The van der Waals surface area contributed by atoms with Gasteiger partial charge in [-0.15, -0.1) is 0 Å². The number of anilines is 1. The normalized spacial score (nSPS) is 23.7. The molecule has 1 aliphatic heterocycles. The second kappa shape index (κ2) is 11.1. The maximum absolute atomic E-state index is 13.6. The van der Waals surface area contributed by atoms with Crippen LogP contribution in [0.25, 0.3) is 11.2 Å². The number of imidazole rings is 1. The molecule has 1 saturated heterocycles. The second-order valence-corrected chi connectivity index (χ2v) is 11.1. The molecule has 3 aromatic rings. The molecular weight excluding hydrogens is 541 g/mol. The number of methoxy groups -OCH3 is 1. The average Bonchev–Trinajstić information content (AvgIpc) is 3.42. The monoisotopic (exact) mass is 569 g/mol. The minimum atomic E-state index is -4.13. The van der Waals surface area contributed by atoms with Crippen LogP contribution in [-0.2, 0) is 23.4 Å². The number of carbonyl (C=O) groups excluding carboxylic acids is 1. The molecule has 0 radical (unpaired) electrons. The van der Waals surface area contributed by atoms with Crippen molar-refractivity contribution in [3.05, 3.63) is 41.9 Å². The van der Waals surface area contributed by atoms with Gasteiger partial charge in [-0.05, 0) is 38.1 Å². The van der Waals surface area contributed by atoms with Gasteiger partial charge in [-0.3, -0.25) is 18.9 Å². The second-order valence-electron chi connectivity index (χ2n) is 9.02. The number of hydrogen-bond donors (Lipinski definition) is 3. The number of hydrogen-bond acceptors (Lipinski definition) is 12. The SMILES string of the molecule is COC(=O)C(C)NP(=O)(OCC1C[C@@](C)(O)C(n2cnc3c(N(C)N)ncnc32)O1)Oc1ccc(Cl)cc1. The summed E-state index contributed by atoms with van der Waals surface area (Å²) in [5, 5.41) is 15.5. The quantitative estimate of drug-likeness (QED) is 0.140. The molecule has 16 heteroatoms. The zero-order valence-electron chi connectivity index (χ0n) is 21.1. The van der Waals surface area contributed by atoms with Gasteiger partial charge < -0.3 is 19.1 Å². The minimum Gasteiger partial charge on any atom is -0.468 e. The Morgan fingerprint density at radius 2 is 2.11 bits per heavy atom. The van der Waals surface area contributed by atoms with Gasteiger partial charge in [-0.25, -0.2) is 25.4 Å². The van der Waals surface area contributed by atoms with Crippen LogP contribution in [0.4, 0.5) is 5.82 Å². The van der Waals surface area contributed by atoms with Gasteiger partial charge in [-0.1, -0.05) is 11.6 Å². The summed E-state index contributed by atoms with van der Waals surface area (Å²) in [5.41, 5.74) is -0.530. The maximum atomic E-state index is 13.6. The first-order chi connectivity index (χ1) is 17.9. The Morgan fingerprint density at radius 3 is 2.76 bits per heavy atom.